The molecule has 0 aliphatic carbocycles. The van der Waals surface area contributed by atoms with Gasteiger partial charge in [0.15, 0.2) is 0 Å². The molecule has 0 fully saturated rings. The first-order valence-corrected chi connectivity index (χ1v) is 8.45. The number of halogens is 1. The minimum atomic E-state index is -1.17. The van der Waals surface area contributed by atoms with Crippen molar-refractivity contribution in [1.82, 2.24) is 0 Å². The monoisotopic (exact) mass is 381 g/mol. The molecule has 0 saturated carbocycles. The summed E-state index contributed by atoms with van der Waals surface area (Å²) in [6, 6.07) is 18.8. The van der Waals surface area contributed by atoms with Gasteiger partial charge in [-0.25, -0.2) is 4.79 Å². The number of nitrogens with one attached hydrogen (secondary N) is 1. The van der Waals surface area contributed by atoms with Crippen molar-refractivity contribution in [3.8, 4) is 16.9 Å². The Morgan fingerprint density at radius 2 is 1.78 bits per heavy atom. The van der Waals surface area contributed by atoms with Gasteiger partial charge in [-0.15, -0.1) is 0 Å². The number of methoxy groups -OCH3 is 1. The summed E-state index contributed by atoms with van der Waals surface area (Å²) in [5, 5.41) is 12.2. The number of ether oxygens (including phenoxy) is 1. The van der Waals surface area contributed by atoms with E-state index in [1.165, 1.54) is 18.2 Å². The maximum absolute atomic E-state index is 12.6. The molecule has 0 aromatic heterocycles. The second-order valence-electron chi connectivity index (χ2n) is 5.73. The van der Waals surface area contributed by atoms with Gasteiger partial charge in [0.2, 0.25) is 0 Å². The number of carbonyl (C=O) groups is 2. The lowest BCUT2D eigenvalue weighted by Gasteiger charge is -2.11. The summed E-state index contributed by atoms with van der Waals surface area (Å²) in [4.78, 5) is 24.0. The van der Waals surface area contributed by atoms with Gasteiger partial charge >= 0.3 is 5.97 Å². The number of hydrogen-bond donors (Lipinski definition) is 2. The molecule has 5 nitrogen and oxygen atoms in total. The van der Waals surface area contributed by atoms with Crippen molar-refractivity contribution in [2.45, 2.75) is 0 Å². The number of benzene rings is 3. The SMILES string of the molecule is COc1ccccc1-c1cccc(C(=O)Nc2ccc(Cl)cc2C(=O)O)c1. The van der Waals surface area contributed by atoms with Crippen molar-refractivity contribution >= 4 is 29.2 Å². The number of anilines is 1. The Hall–Kier alpha value is -3.31. The molecular weight excluding hydrogens is 366 g/mol. The van der Waals surface area contributed by atoms with Crippen molar-refractivity contribution in [3.05, 3.63) is 82.9 Å². The maximum atomic E-state index is 12.6. The van der Waals surface area contributed by atoms with Gasteiger partial charge in [-0.3, -0.25) is 4.79 Å². The fourth-order valence-corrected chi connectivity index (χ4v) is 2.88. The zero-order valence-corrected chi connectivity index (χ0v) is 15.2. The molecule has 0 unspecified atom stereocenters. The highest BCUT2D eigenvalue weighted by molar-refractivity contribution is 6.31. The van der Waals surface area contributed by atoms with E-state index < -0.39 is 11.9 Å². The Balaban J connectivity index is 1.92. The molecule has 27 heavy (non-hydrogen) atoms. The highest BCUT2D eigenvalue weighted by Gasteiger charge is 2.15. The average Bonchev–Trinajstić information content (AvgIpc) is 2.69. The molecule has 6 heteroatoms. The number of carboxylic acids is 1. The highest BCUT2D eigenvalue weighted by Crippen LogP contribution is 2.30. The van der Waals surface area contributed by atoms with Gasteiger partial charge in [-0.1, -0.05) is 41.9 Å². The number of aromatic carboxylic acids is 1. The van der Waals surface area contributed by atoms with Crippen LogP contribution in [0.5, 0.6) is 5.75 Å². The van der Waals surface area contributed by atoms with Crippen molar-refractivity contribution in [3.63, 3.8) is 0 Å². The molecule has 0 heterocycles. The van der Waals surface area contributed by atoms with Crippen LogP contribution in [0.2, 0.25) is 5.02 Å². The molecule has 0 spiro atoms. The van der Waals surface area contributed by atoms with Crippen LogP contribution in [0.4, 0.5) is 5.69 Å². The lowest BCUT2D eigenvalue weighted by Crippen LogP contribution is -2.14. The Kier molecular flexibility index (Phi) is 5.43. The zero-order chi connectivity index (χ0) is 19.4. The van der Waals surface area contributed by atoms with Crippen LogP contribution >= 0.6 is 11.6 Å². The first-order chi connectivity index (χ1) is 13.0. The normalized spacial score (nSPS) is 10.3. The largest absolute Gasteiger partial charge is 0.496 e. The summed E-state index contributed by atoms with van der Waals surface area (Å²) < 4.78 is 5.37. The quantitative estimate of drug-likeness (QED) is 0.654. The highest BCUT2D eigenvalue weighted by atomic mass is 35.5. The maximum Gasteiger partial charge on any atom is 0.337 e. The number of para-hydroxylation sites is 1. The van der Waals surface area contributed by atoms with Crippen LogP contribution in [0, 0.1) is 0 Å². The molecule has 2 N–H and O–H groups in total. The van der Waals surface area contributed by atoms with Crippen LogP contribution < -0.4 is 10.1 Å². The minimum absolute atomic E-state index is 0.0725. The molecule has 1 amide bonds. The molecule has 0 atom stereocenters. The van der Waals surface area contributed by atoms with Crippen molar-refractivity contribution in [2.24, 2.45) is 0 Å². The summed E-state index contributed by atoms with van der Waals surface area (Å²) in [6.07, 6.45) is 0. The van der Waals surface area contributed by atoms with E-state index in [0.717, 1.165) is 11.1 Å². The molecule has 3 aromatic rings. The molecule has 3 rings (SSSR count). The van der Waals surface area contributed by atoms with Crippen molar-refractivity contribution < 1.29 is 19.4 Å². The third kappa shape index (κ3) is 4.10. The van der Waals surface area contributed by atoms with Crippen LogP contribution in [-0.2, 0) is 0 Å². The second kappa shape index (κ2) is 7.93. The van der Waals surface area contributed by atoms with Gasteiger partial charge in [0.05, 0.1) is 18.4 Å². The predicted octanol–water partition coefficient (Wildman–Crippen LogP) is 4.97. The standard InChI is InChI=1S/C21H16ClNO4/c1-27-19-8-3-2-7-16(19)13-5-4-6-14(11-13)20(24)23-18-10-9-15(22)12-17(18)21(25)26/h2-12H,1H3,(H,23,24)(H,25,26). The molecule has 0 bridgehead atoms. The smallest absolute Gasteiger partial charge is 0.337 e. The summed E-state index contributed by atoms with van der Waals surface area (Å²) in [5.41, 5.74) is 2.17. The molecule has 0 aliphatic rings. The lowest BCUT2D eigenvalue weighted by molar-refractivity contribution is 0.0698. The van der Waals surface area contributed by atoms with Crippen LogP contribution in [0.1, 0.15) is 20.7 Å². The van der Waals surface area contributed by atoms with E-state index in [9.17, 15) is 14.7 Å². The van der Waals surface area contributed by atoms with E-state index in [1.54, 1.807) is 25.3 Å². The topological polar surface area (TPSA) is 75.6 Å². The van der Waals surface area contributed by atoms with E-state index in [-0.39, 0.29) is 16.3 Å². The first-order valence-electron chi connectivity index (χ1n) is 8.07. The van der Waals surface area contributed by atoms with Crippen LogP contribution in [0.3, 0.4) is 0 Å². The van der Waals surface area contributed by atoms with E-state index in [1.807, 2.05) is 30.3 Å². The van der Waals surface area contributed by atoms with Gasteiger partial charge in [0.25, 0.3) is 5.91 Å². The Labute approximate surface area is 161 Å². The van der Waals surface area contributed by atoms with Crippen LogP contribution in [0.25, 0.3) is 11.1 Å². The fraction of sp³-hybridized carbons (Fsp3) is 0.0476. The van der Waals surface area contributed by atoms with Crippen LogP contribution in [-0.4, -0.2) is 24.1 Å². The number of carboxylic acid groups (broad SMARTS) is 1. The average molecular weight is 382 g/mol. The van der Waals surface area contributed by atoms with Gasteiger partial charge < -0.3 is 15.2 Å². The first kappa shape index (κ1) is 18.5. The van der Waals surface area contributed by atoms with E-state index in [2.05, 4.69) is 5.32 Å². The molecule has 0 saturated heterocycles. The fourth-order valence-electron chi connectivity index (χ4n) is 2.71. The van der Waals surface area contributed by atoms with E-state index in [0.29, 0.717) is 11.3 Å². The number of hydrogen-bond acceptors (Lipinski definition) is 3. The third-order valence-electron chi connectivity index (χ3n) is 4.00. The van der Waals surface area contributed by atoms with Gasteiger partial charge in [-0.05, 0) is 42.0 Å². The Morgan fingerprint density at radius 1 is 1.00 bits per heavy atom. The summed E-state index contributed by atoms with van der Waals surface area (Å²) in [6.45, 7) is 0. The van der Waals surface area contributed by atoms with Crippen molar-refractivity contribution in [2.75, 3.05) is 12.4 Å². The number of carbonyl (C=O) groups excluding carboxylic acids is 1. The molecule has 0 radical (unpaired) electrons. The van der Waals surface area contributed by atoms with Crippen molar-refractivity contribution in [1.29, 1.82) is 0 Å². The summed E-state index contributed by atoms with van der Waals surface area (Å²) in [5.74, 6) is -0.895. The van der Waals surface area contributed by atoms with E-state index in [4.69, 9.17) is 16.3 Å². The molecule has 3 aromatic carbocycles. The van der Waals surface area contributed by atoms with Gasteiger partial charge in [0.1, 0.15) is 5.75 Å². The minimum Gasteiger partial charge on any atom is -0.496 e. The molecule has 0 aliphatic heterocycles. The lowest BCUT2D eigenvalue weighted by atomic mass is 10.0. The number of amides is 1. The third-order valence-corrected chi connectivity index (χ3v) is 4.24. The van der Waals surface area contributed by atoms with E-state index >= 15 is 0 Å². The second-order valence-corrected chi connectivity index (χ2v) is 6.17. The molecule has 136 valence electrons. The predicted molar refractivity (Wildman–Crippen MR) is 105 cm³/mol. The number of rotatable bonds is 5. The van der Waals surface area contributed by atoms with Crippen LogP contribution in [0.15, 0.2) is 66.7 Å². The summed E-state index contributed by atoms with van der Waals surface area (Å²) >= 11 is 5.84. The summed E-state index contributed by atoms with van der Waals surface area (Å²) in [7, 11) is 1.59. The zero-order valence-electron chi connectivity index (χ0n) is 14.4. The van der Waals surface area contributed by atoms with Gasteiger partial charge in [-0.2, -0.15) is 0 Å². The van der Waals surface area contributed by atoms with Gasteiger partial charge in [0, 0.05) is 16.1 Å². The Morgan fingerprint density at radius 3 is 2.52 bits per heavy atom. The molecular formula is C21H16ClNO4. The Bertz CT molecular complexity index is 1020.